The summed E-state index contributed by atoms with van der Waals surface area (Å²) in [6.07, 6.45) is 0. The lowest BCUT2D eigenvalue weighted by molar-refractivity contribution is 0.0957. The highest BCUT2D eigenvalue weighted by Gasteiger charge is 2.31. The summed E-state index contributed by atoms with van der Waals surface area (Å²) in [5.74, 6) is 1.10. The molecule has 0 saturated carbocycles. The van der Waals surface area contributed by atoms with E-state index in [0.29, 0.717) is 23.6 Å². The summed E-state index contributed by atoms with van der Waals surface area (Å²) in [5, 5.41) is 3.31. The lowest BCUT2D eigenvalue weighted by Crippen LogP contribution is -2.28. The van der Waals surface area contributed by atoms with E-state index in [9.17, 15) is 4.79 Å². The molecule has 1 aliphatic heterocycles. The summed E-state index contributed by atoms with van der Waals surface area (Å²) < 4.78 is 10.6. The first-order chi connectivity index (χ1) is 10.2. The van der Waals surface area contributed by atoms with Crippen LogP contribution in [0.25, 0.3) is 0 Å². The van der Waals surface area contributed by atoms with Gasteiger partial charge in [0.2, 0.25) is 0 Å². The normalized spacial score (nSPS) is 16.9. The van der Waals surface area contributed by atoms with Gasteiger partial charge in [0.1, 0.15) is 11.5 Å². The van der Waals surface area contributed by atoms with E-state index < -0.39 is 0 Å². The Morgan fingerprint density at radius 1 is 1.10 bits per heavy atom. The second kappa shape index (κ2) is 5.48. The second-order valence-corrected chi connectivity index (χ2v) is 4.96. The summed E-state index contributed by atoms with van der Waals surface area (Å²) in [5.41, 5.74) is 2.38. The van der Waals surface area contributed by atoms with E-state index in [-0.39, 0.29) is 11.7 Å². The highest BCUT2D eigenvalue weighted by Crippen LogP contribution is 2.39. The highest BCUT2D eigenvalue weighted by molar-refractivity contribution is 6.09. The summed E-state index contributed by atoms with van der Waals surface area (Å²) in [6.45, 7) is 0.576. The minimum absolute atomic E-state index is 0.0782. The number of anilines is 1. The number of hydrogen-bond donors (Lipinski definition) is 1. The minimum Gasteiger partial charge on any atom is -0.497 e. The van der Waals surface area contributed by atoms with E-state index >= 15 is 0 Å². The molecule has 0 saturated heterocycles. The minimum atomic E-state index is -0.194. The first-order valence-electron chi connectivity index (χ1n) is 6.83. The van der Waals surface area contributed by atoms with Gasteiger partial charge < -0.3 is 14.8 Å². The van der Waals surface area contributed by atoms with Crippen LogP contribution in [0.15, 0.2) is 42.5 Å². The summed E-state index contributed by atoms with van der Waals surface area (Å²) in [4.78, 5) is 12.8. The Balaban J connectivity index is 2.05. The van der Waals surface area contributed by atoms with Gasteiger partial charge in [-0.25, -0.2) is 0 Å². The Morgan fingerprint density at radius 3 is 2.52 bits per heavy atom. The van der Waals surface area contributed by atoms with Gasteiger partial charge in [-0.1, -0.05) is 30.3 Å². The van der Waals surface area contributed by atoms with Crippen molar-refractivity contribution < 1.29 is 14.3 Å². The van der Waals surface area contributed by atoms with Gasteiger partial charge in [-0.3, -0.25) is 4.79 Å². The molecular weight excluding hydrogens is 266 g/mol. The van der Waals surface area contributed by atoms with E-state index in [4.69, 9.17) is 9.47 Å². The number of nitrogens with one attached hydrogen (secondary N) is 1. The number of fused-ring (bicyclic) bond motifs is 1. The van der Waals surface area contributed by atoms with Crippen LogP contribution >= 0.6 is 0 Å². The number of rotatable bonds is 3. The lowest BCUT2D eigenvalue weighted by atomic mass is 9.86. The largest absolute Gasteiger partial charge is 0.497 e. The number of methoxy groups -OCH3 is 2. The van der Waals surface area contributed by atoms with Crippen molar-refractivity contribution in [2.75, 3.05) is 26.1 Å². The first kappa shape index (κ1) is 13.5. The SMILES string of the molecule is COc1cc2c(c(OC)c1)C(=O)[C@@H](c1ccccc1)CN2. The standard InChI is InChI=1S/C17H17NO3/c1-20-12-8-14-16(15(9-12)21-2)17(19)13(10-18-14)11-6-4-3-5-7-11/h3-9,13,18H,10H2,1-2H3/t13-/m1/s1. The van der Waals surface area contributed by atoms with Crippen molar-refractivity contribution in [3.63, 3.8) is 0 Å². The first-order valence-corrected chi connectivity index (χ1v) is 6.83. The maximum Gasteiger partial charge on any atom is 0.177 e. The van der Waals surface area contributed by atoms with Gasteiger partial charge >= 0.3 is 0 Å². The molecule has 0 amide bonds. The molecule has 1 atom stereocenters. The molecular formula is C17H17NO3. The molecule has 3 rings (SSSR count). The molecule has 0 bridgehead atoms. The van der Waals surface area contributed by atoms with Crippen LogP contribution in [-0.2, 0) is 0 Å². The number of carbonyl (C=O) groups is 1. The van der Waals surface area contributed by atoms with Crippen LogP contribution in [0.4, 0.5) is 5.69 Å². The molecule has 108 valence electrons. The predicted octanol–water partition coefficient (Wildman–Crippen LogP) is 3.10. The molecule has 0 unspecified atom stereocenters. The molecule has 0 radical (unpaired) electrons. The van der Waals surface area contributed by atoms with Crippen LogP contribution in [0, 0.1) is 0 Å². The van der Waals surface area contributed by atoms with E-state index in [0.717, 1.165) is 11.3 Å². The van der Waals surface area contributed by atoms with Crippen molar-refractivity contribution in [3.8, 4) is 11.5 Å². The maximum absolute atomic E-state index is 12.8. The molecule has 0 fully saturated rings. The number of carbonyl (C=O) groups excluding carboxylic acids is 1. The average Bonchev–Trinajstić information content (AvgIpc) is 2.54. The Labute approximate surface area is 123 Å². The zero-order valence-corrected chi connectivity index (χ0v) is 12.1. The zero-order chi connectivity index (χ0) is 14.8. The molecule has 0 aliphatic carbocycles. The van der Waals surface area contributed by atoms with Crippen molar-refractivity contribution >= 4 is 11.5 Å². The number of benzene rings is 2. The fraction of sp³-hybridized carbons (Fsp3) is 0.235. The average molecular weight is 283 g/mol. The molecule has 1 heterocycles. The fourth-order valence-corrected chi connectivity index (χ4v) is 2.70. The zero-order valence-electron chi connectivity index (χ0n) is 12.1. The summed E-state index contributed by atoms with van der Waals surface area (Å²) >= 11 is 0. The lowest BCUT2D eigenvalue weighted by Gasteiger charge is -2.27. The number of Topliss-reactive ketones (excluding diaryl/α,β-unsaturated/α-hetero) is 1. The Morgan fingerprint density at radius 2 is 1.86 bits per heavy atom. The van der Waals surface area contributed by atoms with Crippen LogP contribution in [0.5, 0.6) is 11.5 Å². The molecule has 2 aromatic carbocycles. The van der Waals surface area contributed by atoms with Crippen LogP contribution in [0.3, 0.4) is 0 Å². The molecule has 1 N–H and O–H groups in total. The van der Waals surface area contributed by atoms with Gasteiger partial charge in [0.15, 0.2) is 5.78 Å². The van der Waals surface area contributed by atoms with Crippen molar-refractivity contribution in [1.82, 2.24) is 0 Å². The summed E-state index contributed by atoms with van der Waals surface area (Å²) in [6, 6.07) is 13.4. The second-order valence-electron chi connectivity index (χ2n) is 4.96. The number of ether oxygens (including phenoxy) is 2. The highest BCUT2D eigenvalue weighted by atomic mass is 16.5. The van der Waals surface area contributed by atoms with Crippen LogP contribution in [0.2, 0.25) is 0 Å². The fourth-order valence-electron chi connectivity index (χ4n) is 2.70. The van der Waals surface area contributed by atoms with Gasteiger partial charge in [0.05, 0.1) is 31.4 Å². The molecule has 4 heteroatoms. The van der Waals surface area contributed by atoms with Crippen molar-refractivity contribution in [2.45, 2.75) is 5.92 Å². The molecule has 2 aromatic rings. The van der Waals surface area contributed by atoms with Gasteiger partial charge in [0.25, 0.3) is 0 Å². The smallest absolute Gasteiger partial charge is 0.177 e. The molecule has 4 nitrogen and oxygen atoms in total. The van der Waals surface area contributed by atoms with Gasteiger partial charge in [0, 0.05) is 18.7 Å². The third-order valence-corrected chi connectivity index (χ3v) is 3.79. The van der Waals surface area contributed by atoms with Gasteiger partial charge in [-0.05, 0) is 5.56 Å². The van der Waals surface area contributed by atoms with Gasteiger partial charge in [-0.15, -0.1) is 0 Å². The predicted molar refractivity (Wildman–Crippen MR) is 81.5 cm³/mol. The Kier molecular flexibility index (Phi) is 3.52. The van der Waals surface area contributed by atoms with E-state index in [1.54, 1.807) is 20.3 Å². The number of hydrogen-bond acceptors (Lipinski definition) is 4. The molecule has 21 heavy (non-hydrogen) atoms. The quantitative estimate of drug-likeness (QED) is 0.940. The van der Waals surface area contributed by atoms with Gasteiger partial charge in [-0.2, -0.15) is 0 Å². The van der Waals surface area contributed by atoms with Crippen molar-refractivity contribution in [3.05, 3.63) is 53.6 Å². The topological polar surface area (TPSA) is 47.6 Å². The third kappa shape index (κ3) is 2.33. The van der Waals surface area contributed by atoms with Crippen LogP contribution < -0.4 is 14.8 Å². The Bertz CT molecular complexity index is 650. The molecule has 0 aromatic heterocycles. The van der Waals surface area contributed by atoms with E-state index in [1.165, 1.54) is 0 Å². The van der Waals surface area contributed by atoms with E-state index in [1.807, 2.05) is 36.4 Å². The monoisotopic (exact) mass is 283 g/mol. The summed E-state index contributed by atoms with van der Waals surface area (Å²) in [7, 11) is 3.16. The number of ketones is 1. The van der Waals surface area contributed by atoms with Crippen LogP contribution in [0.1, 0.15) is 21.8 Å². The molecule has 1 aliphatic rings. The van der Waals surface area contributed by atoms with Crippen LogP contribution in [-0.4, -0.2) is 26.5 Å². The molecule has 0 spiro atoms. The Hall–Kier alpha value is -2.49. The van der Waals surface area contributed by atoms with Crippen molar-refractivity contribution in [2.24, 2.45) is 0 Å². The van der Waals surface area contributed by atoms with Crippen molar-refractivity contribution in [1.29, 1.82) is 0 Å². The third-order valence-electron chi connectivity index (χ3n) is 3.79. The maximum atomic E-state index is 12.8. The van der Waals surface area contributed by atoms with E-state index in [2.05, 4.69) is 5.32 Å².